The highest BCUT2D eigenvalue weighted by atomic mass is 16.3. The highest BCUT2D eigenvalue weighted by molar-refractivity contribution is 6.09. The van der Waals surface area contributed by atoms with Crippen LogP contribution in [0.5, 0.6) is 0 Å². The lowest BCUT2D eigenvalue weighted by molar-refractivity contribution is 0.103. The lowest BCUT2D eigenvalue weighted by Crippen LogP contribution is -2.17. The summed E-state index contributed by atoms with van der Waals surface area (Å²) in [4.78, 5) is 26.2. The maximum absolute atomic E-state index is 12.2. The Morgan fingerprint density at radius 3 is 2.89 bits per heavy atom. The number of hydrogen-bond donors (Lipinski definition) is 1. The molecule has 0 bridgehead atoms. The van der Waals surface area contributed by atoms with Gasteiger partial charge >= 0.3 is 0 Å². The van der Waals surface area contributed by atoms with Crippen molar-refractivity contribution in [3.8, 4) is 6.07 Å². The van der Waals surface area contributed by atoms with Gasteiger partial charge in [-0.15, -0.1) is 0 Å². The van der Waals surface area contributed by atoms with Crippen molar-refractivity contribution < 1.29 is 9.21 Å². The van der Waals surface area contributed by atoms with Gasteiger partial charge in [-0.25, -0.2) is 0 Å². The van der Waals surface area contributed by atoms with Crippen LogP contribution >= 0.6 is 0 Å². The third kappa shape index (κ3) is 1.96. The monoisotopic (exact) mass is 242 g/mol. The van der Waals surface area contributed by atoms with Gasteiger partial charge in [0.2, 0.25) is 0 Å². The standard InChI is InChI=1S/C13H10N2O3/c1-2-11-10(5-9(6-14)13(17)15-11)12(16)8-3-4-18-7-8/h3-5,7H,2H2,1H3,(H,15,17). The molecule has 18 heavy (non-hydrogen) atoms. The molecule has 5 heteroatoms. The van der Waals surface area contributed by atoms with Crippen molar-refractivity contribution in [3.63, 3.8) is 0 Å². The number of ketones is 1. The molecule has 1 N–H and O–H groups in total. The molecule has 0 fully saturated rings. The average Bonchev–Trinajstić information content (AvgIpc) is 2.91. The van der Waals surface area contributed by atoms with Crippen LogP contribution in [0.4, 0.5) is 0 Å². The van der Waals surface area contributed by atoms with E-state index >= 15 is 0 Å². The molecular formula is C13H10N2O3. The molecule has 2 rings (SSSR count). The van der Waals surface area contributed by atoms with Crippen LogP contribution in [0.3, 0.4) is 0 Å². The number of furan rings is 1. The summed E-state index contributed by atoms with van der Waals surface area (Å²) < 4.78 is 4.85. The van der Waals surface area contributed by atoms with Crippen molar-refractivity contribution in [1.29, 1.82) is 5.26 Å². The summed E-state index contributed by atoms with van der Waals surface area (Å²) in [5, 5.41) is 8.82. The van der Waals surface area contributed by atoms with Crippen LogP contribution in [-0.4, -0.2) is 10.8 Å². The predicted molar refractivity (Wildman–Crippen MR) is 63.3 cm³/mol. The molecule has 0 atom stereocenters. The molecule has 0 radical (unpaired) electrons. The number of nitrogens with zero attached hydrogens (tertiary/aromatic N) is 1. The van der Waals surface area contributed by atoms with Gasteiger partial charge in [0, 0.05) is 11.3 Å². The van der Waals surface area contributed by atoms with Crippen molar-refractivity contribution >= 4 is 5.78 Å². The molecular weight excluding hydrogens is 232 g/mol. The summed E-state index contributed by atoms with van der Waals surface area (Å²) in [7, 11) is 0. The molecule has 0 aliphatic rings. The molecule has 0 saturated heterocycles. The van der Waals surface area contributed by atoms with Gasteiger partial charge in [0.15, 0.2) is 5.78 Å². The molecule has 0 unspecified atom stereocenters. The molecule has 0 aliphatic carbocycles. The van der Waals surface area contributed by atoms with E-state index in [0.29, 0.717) is 23.2 Å². The van der Waals surface area contributed by atoms with E-state index in [1.54, 1.807) is 12.1 Å². The Morgan fingerprint density at radius 2 is 2.33 bits per heavy atom. The largest absolute Gasteiger partial charge is 0.472 e. The van der Waals surface area contributed by atoms with Crippen molar-refractivity contribution in [2.45, 2.75) is 13.3 Å². The van der Waals surface area contributed by atoms with Crippen LogP contribution in [-0.2, 0) is 6.42 Å². The minimum Gasteiger partial charge on any atom is -0.472 e. The number of aromatic nitrogens is 1. The van der Waals surface area contributed by atoms with E-state index in [4.69, 9.17) is 9.68 Å². The first-order valence-corrected chi connectivity index (χ1v) is 5.40. The lowest BCUT2D eigenvalue weighted by atomic mass is 10.0. The third-order valence-electron chi connectivity index (χ3n) is 2.62. The zero-order valence-corrected chi connectivity index (χ0v) is 9.69. The minimum atomic E-state index is -0.474. The second-order valence-corrected chi connectivity index (χ2v) is 3.71. The van der Waals surface area contributed by atoms with E-state index in [-0.39, 0.29) is 11.3 Å². The van der Waals surface area contributed by atoms with Crippen LogP contribution in [0.25, 0.3) is 0 Å². The molecule has 0 saturated carbocycles. The number of carbonyl (C=O) groups is 1. The van der Waals surface area contributed by atoms with Gasteiger partial charge in [0.05, 0.1) is 11.8 Å². The van der Waals surface area contributed by atoms with E-state index in [1.165, 1.54) is 18.6 Å². The average molecular weight is 242 g/mol. The molecule has 0 amide bonds. The quantitative estimate of drug-likeness (QED) is 0.828. The first-order valence-electron chi connectivity index (χ1n) is 5.40. The summed E-state index contributed by atoms with van der Waals surface area (Å²) in [6.45, 7) is 1.82. The Kier molecular flexibility index (Phi) is 3.11. The van der Waals surface area contributed by atoms with Crippen molar-refractivity contribution in [2.75, 3.05) is 0 Å². The Bertz CT molecular complexity index is 675. The molecule has 0 aromatic carbocycles. The summed E-state index contributed by atoms with van der Waals surface area (Å²) >= 11 is 0. The molecule has 2 aromatic heterocycles. The number of hydrogen-bond acceptors (Lipinski definition) is 4. The first-order chi connectivity index (χ1) is 8.67. The van der Waals surface area contributed by atoms with Gasteiger partial charge in [0.1, 0.15) is 17.9 Å². The number of carbonyl (C=O) groups excluding carboxylic acids is 1. The third-order valence-corrected chi connectivity index (χ3v) is 2.62. The number of aryl methyl sites for hydroxylation is 1. The number of rotatable bonds is 3. The van der Waals surface area contributed by atoms with E-state index in [2.05, 4.69) is 4.98 Å². The summed E-state index contributed by atoms with van der Waals surface area (Å²) in [6.07, 6.45) is 3.23. The number of aromatic amines is 1. The summed E-state index contributed by atoms with van der Waals surface area (Å²) in [5.74, 6) is -0.270. The molecule has 90 valence electrons. The molecule has 2 heterocycles. The minimum absolute atomic E-state index is 0.0703. The first kappa shape index (κ1) is 11.9. The Hall–Kier alpha value is -2.61. The Labute approximate surface area is 103 Å². The fourth-order valence-corrected chi connectivity index (χ4v) is 1.68. The van der Waals surface area contributed by atoms with E-state index < -0.39 is 5.56 Å². The van der Waals surface area contributed by atoms with Gasteiger partial charge in [-0.3, -0.25) is 9.59 Å². The summed E-state index contributed by atoms with van der Waals surface area (Å²) in [5.41, 5.74) is 0.693. The smallest absolute Gasteiger partial charge is 0.266 e. The van der Waals surface area contributed by atoms with E-state index in [9.17, 15) is 9.59 Å². The van der Waals surface area contributed by atoms with E-state index in [0.717, 1.165) is 0 Å². The number of H-pyrrole nitrogens is 1. The normalized spacial score (nSPS) is 10.0. The summed E-state index contributed by atoms with van der Waals surface area (Å²) in [6, 6.07) is 4.63. The maximum atomic E-state index is 12.2. The molecule has 2 aromatic rings. The Balaban J connectivity index is 2.60. The second kappa shape index (κ2) is 4.72. The Morgan fingerprint density at radius 1 is 1.56 bits per heavy atom. The van der Waals surface area contributed by atoms with Crippen molar-refractivity contribution in [1.82, 2.24) is 4.98 Å². The second-order valence-electron chi connectivity index (χ2n) is 3.71. The predicted octanol–water partition coefficient (Wildman–Crippen LogP) is 1.63. The van der Waals surface area contributed by atoms with Crippen LogP contribution in [0.15, 0.2) is 33.9 Å². The molecule has 5 nitrogen and oxygen atoms in total. The highest BCUT2D eigenvalue weighted by Crippen LogP contribution is 2.14. The zero-order chi connectivity index (χ0) is 13.1. The van der Waals surface area contributed by atoms with Crippen molar-refractivity contribution in [3.05, 3.63) is 57.4 Å². The fraction of sp³-hybridized carbons (Fsp3) is 0.154. The van der Waals surface area contributed by atoms with Crippen LogP contribution < -0.4 is 5.56 Å². The fourth-order valence-electron chi connectivity index (χ4n) is 1.68. The molecule has 0 spiro atoms. The molecule has 0 aliphatic heterocycles. The van der Waals surface area contributed by atoms with Crippen molar-refractivity contribution in [2.24, 2.45) is 0 Å². The van der Waals surface area contributed by atoms with Crippen LogP contribution in [0.2, 0.25) is 0 Å². The van der Waals surface area contributed by atoms with Gasteiger partial charge < -0.3 is 9.40 Å². The van der Waals surface area contributed by atoms with Crippen LogP contribution in [0.1, 0.15) is 34.1 Å². The van der Waals surface area contributed by atoms with Crippen LogP contribution in [0, 0.1) is 11.3 Å². The zero-order valence-electron chi connectivity index (χ0n) is 9.69. The SMILES string of the molecule is CCc1[nH]c(=O)c(C#N)cc1C(=O)c1ccoc1. The highest BCUT2D eigenvalue weighted by Gasteiger charge is 2.16. The number of nitriles is 1. The van der Waals surface area contributed by atoms with Gasteiger partial charge in [-0.2, -0.15) is 5.26 Å². The number of pyridine rings is 1. The van der Waals surface area contributed by atoms with Gasteiger partial charge in [0.25, 0.3) is 5.56 Å². The maximum Gasteiger partial charge on any atom is 0.266 e. The van der Waals surface area contributed by atoms with Gasteiger partial charge in [-0.05, 0) is 18.6 Å². The topological polar surface area (TPSA) is 86.9 Å². The van der Waals surface area contributed by atoms with Gasteiger partial charge in [-0.1, -0.05) is 6.92 Å². The number of nitrogens with one attached hydrogen (secondary N) is 1. The van der Waals surface area contributed by atoms with E-state index in [1.807, 2.05) is 6.92 Å². The lowest BCUT2D eigenvalue weighted by Gasteiger charge is -2.05.